The molecule has 3 rings (SSSR count). The maximum absolute atomic E-state index is 11.5. The van der Waals surface area contributed by atoms with E-state index in [4.69, 9.17) is 0 Å². The number of carboxylic acids is 1. The molecule has 0 aromatic heterocycles. The van der Waals surface area contributed by atoms with Gasteiger partial charge in [-0.25, -0.2) is 0 Å². The third-order valence-electron chi connectivity index (χ3n) is 7.80. The van der Waals surface area contributed by atoms with Crippen molar-refractivity contribution >= 4 is 11.7 Å². The Morgan fingerprint density at radius 1 is 1.08 bits per heavy atom. The number of carbonyl (C=O) groups is 1. The van der Waals surface area contributed by atoms with Crippen LogP contribution in [0.15, 0.2) is 97.8 Å². The lowest BCUT2D eigenvalue weighted by Gasteiger charge is -2.32. The van der Waals surface area contributed by atoms with E-state index >= 15 is 0 Å². The highest BCUT2D eigenvalue weighted by molar-refractivity contribution is 5.74. The Morgan fingerprint density at radius 3 is 2.41 bits per heavy atom. The predicted octanol–water partition coefficient (Wildman–Crippen LogP) is 8.27. The number of fused-ring (bicyclic) bond motifs is 1. The molecule has 2 aromatic rings. The number of aliphatic carboxylic acids is 1. The highest BCUT2D eigenvalue weighted by Gasteiger charge is 2.42. The van der Waals surface area contributed by atoms with E-state index in [2.05, 4.69) is 114 Å². The van der Waals surface area contributed by atoms with E-state index in [0.29, 0.717) is 6.54 Å². The van der Waals surface area contributed by atoms with Crippen molar-refractivity contribution in [2.75, 3.05) is 11.4 Å². The Balaban J connectivity index is 2.07. The molecule has 2 atom stereocenters. The molecule has 0 saturated heterocycles. The molecule has 0 aliphatic carbocycles. The summed E-state index contributed by atoms with van der Waals surface area (Å²) in [6.07, 6.45) is 11.8. The van der Waals surface area contributed by atoms with E-state index in [1.54, 1.807) is 0 Å². The summed E-state index contributed by atoms with van der Waals surface area (Å²) < 4.78 is 0. The Hall–Kier alpha value is -3.59. The van der Waals surface area contributed by atoms with Gasteiger partial charge >= 0.3 is 5.97 Å². The quantitative estimate of drug-likeness (QED) is 0.252. The SMILES string of the molecule is C=CCC(C)(C(=C)/C=C/C=C1/N(CCC(=O)O)c2ccc(C)cc2C1(C)CC=C)c1cc(C)ccc1C. The Kier molecular flexibility index (Phi) is 8.48. The maximum atomic E-state index is 11.5. The van der Waals surface area contributed by atoms with E-state index in [1.807, 2.05) is 12.2 Å². The van der Waals surface area contributed by atoms with Crippen molar-refractivity contribution in [2.45, 2.75) is 64.7 Å². The number of nitrogens with zero attached hydrogens (tertiary/aromatic N) is 1. The molecule has 1 heterocycles. The van der Waals surface area contributed by atoms with E-state index in [1.165, 1.54) is 27.8 Å². The first-order valence-electron chi connectivity index (χ1n) is 13.0. The average molecular weight is 496 g/mol. The first-order valence-corrected chi connectivity index (χ1v) is 13.0. The van der Waals surface area contributed by atoms with Crippen LogP contribution in [0.2, 0.25) is 0 Å². The van der Waals surface area contributed by atoms with Crippen molar-refractivity contribution < 1.29 is 9.90 Å². The molecule has 3 heteroatoms. The van der Waals surface area contributed by atoms with Crippen LogP contribution in [-0.2, 0) is 15.6 Å². The number of rotatable bonds is 11. The summed E-state index contributed by atoms with van der Waals surface area (Å²) in [5.41, 5.74) is 8.70. The molecule has 1 aliphatic rings. The summed E-state index contributed by atoms with van der Waals surface area (Å²) in [6.45, 7) is 23.8. The van der Waals surface area contributed by atoms with Gasteiger partial charge in [0.1, 0.15) is 0 Å². The second kappa shape index (κ2) is 11.2. The smallest absolute Gasteiger partial charge is 0.305 e. The van der Waals surface area contributed by atoms with Gasteiger partial charge in [0.05, 0.1) is 6.42 Å². The van der Waals surface area contributed by atoms with Gasteiger partial charge in [-0.15, -0.1) is 13.2 Å². The van der Waals surface area contributed by atoms with Gasteiger partial charge in [0.2, 0.25) is 0 Å². The monoisotopic (exact) mass is 495 g/mol. The van der Waals surface area contributed by atoms with Gasteiger partial charge in [-0.05, 0) is 74.9 Å². The molecule has 3 nitrogen and oxygen atoms in total. The number of aryl methyl sites for hydroxylation is 3. The van der Waals surface area contributed by atoms with Crippen LogP contribution in [0.25, 0.3) is 0 Å². The zero-order valence-electron chi connectivity index (χ0n) is 23.1. The Morgan fingerprint density at radius 2 is 1.76 bits per heavy atom. The Bertz CT molecular complexity index is 1280. The van der Waals surface area contributed by atoms with Crippen LogP contribution in [0.1, 0.15) is 60.9 Å². The molecule has 1 aliphatic heterocycles. The summed E-state index contributed by atoms with van der Waals surface area (Å²) in [4.78, 5) is 13.6. The summed E-state index contributed by atoms with van der Waals surface area (Å²) in [5, 5.41) is 9.43. The minimum Gasteiger partial charge on any atom is -0.481 e. The van der Waals surface area contributed by atoms with E-state index in [9.17, 15) is 9.90 Å². The molecule has 37 heavy (non-hydrogen) atoms. The van der Waals surface area contributed by atoms with Gasteiger partial charge < -0.3 is 10.0 Å². The highest BCUT2D eigenvalue weighted by atomic mass is 16.4. The number of hydrogen-bond donors (Lipinski definition) is 1. The average Bonchev–Trinajstić information content (AvgIpc) is 3.06. The zero-order chi connectivity index (χ0) is 27.4. The second-order valence-electron chi connectivity index (χ2n) is 10.7. The third-order valence-corrected chi connectivity index (χ3v) is 7.80. The molecule has 194 valence electrons. The third kappa shape index (κ3) is 5.56. The molecule has 0 spiro atoms. The summed E-state index contributed by atoms with van der Waals surface area (Å²) in [7, 11) is 0. The van der Waals surface area contributed by atoms with Crippen molar-refractivity contribution in [3.05, 3.63) is 126 Å². The second-order valence-corrected chi connectivity index (χ2v) is 10.7. The van der Waals surface area contributed by atoms with Crippen LogP contribution in [0, 0.1) is 20.8 Å². The molecule has 2 unspecified atom stereocenters. The van der Waals surface area contributed by atoms with Crippen molar-refractivity contribution in [1.29, 1.82) is 0 Å². The molecule has 0 bridgehead atoms. The van der Waals surface area contributed by atoms with Gasteiger partial charge in [0, 0.05) is 28.8 Å². The van der Waals surface area contributed by atoms with Crippen LogP contribution in [0.4, 0.5) is 5.69 Å². The van der Waals surface area contributed by atoms with Gasteiger partial charge in [0.15, 0.2) is 0 Å². The number of benzene rings is 2. The first-order chi connectivity index (χ1) is 17.5. The number of anilines is 1. The summed E-state index contributed by atoms with van der Waals surface area (Å²) in [5.74, 6) is -0.803. The zero-order valence-corrected chi connectivity index (χ0v) is 23.1. The normalized spacial score (nSPS) is 19.6. The minimum atomic E-state index is -0.803. The largest absolute Gasteiger partial charge is 0.481 e. The first kappa shape index (κ1) is 28.0. The van der Waals surface area contributed by atoms with Crippen LogP contribution in [0.5, 0.6) is 0 Å². The van der Waals surface area contributed by atoms with Crippen LogP contribution < -0.4 is 4.90 Å². The summed E-state index contributed by atoms with van der Waals surface area (Å²) >= 11 is 0. The molecular formula is C34H41NO2. The molecule has 0 saturated carbocycles. The van der Waals surface area contributed by atoms with Crippen molar-refractivity contribution in [1.82, 2.24) is 0 Å². The van der Waals surface area contributed by atoms with E-state index < -0.39 is 5.97 Å². The van der Waals surface area contributed by atoms with E-state index in [0.717, 1.165) is 29.8 Å². The lowest BCUT2D eigenvalue weighted by atomic mass is 9.71. The number of allylic oxidation sites excluding steroid dienone is 7. The topological polar surface area (TPSA) is 40.5 Å². The van der Waals surface area contributed by atoms with Crippen molar-refractivity contribution in [3.63, 3.8) is 0 Å². The molecule has 0 radical (unpaired) electrons. The van der Waals surface area contributed by atoms with Gasteiger partial charge in [-0.2, -0.15) is 0 Å². The minimum absolute atomic E-state index is 0.0648. The fourth-order valence-corrected chi connectivity index (χ4v) is 5.59. The van der Waals surface area contributed by atoms with Gasteiger partial charge in [0.25, 0.3) is 0 Å². The number of carboxylic acid groups (broad SMARTS) is 1. The van der Waals surface area contributed by atoms with Gasteiger partial charge in [-0.1, -0.05) is 79.3 Å². The predicted molar refractivity (Wildman–Crippen MR) is 157 cm³/mol. The molecule has 2 aromatic carbocycles. The van der Waals surface area contributed by atoms with Crippen molar-refractivity contribution in [2.24, 2.45) is 0 Å². The lowest BCUT2D eigenvalue weighted by molar-refractivity contribution is -0.136. The van der Waals surface area contributed by atoms with Gasteiger partial charge in [-0.3, -0.25) is 4.79 Å². The van der Waals surface area contributed by atoms with Crippen molar-refractivity contribution in [3.8, 4) is 0 Å². The van der Waals surface area contributed by atoms with E-state index in [-0.39, 0.29) is 17.3 Å². The fraction of sp³-hybridized carbons (Fsp3) is 0.324. The molecule has 0 fully saturated rings. The molecular weight excluding hydrogens is 454 g/mol. The standard InChI is InChI=1S/C34H41NO2/c1-9-19-33(7,28-22-24(3)14-16-26(28)5)27(6)12-11-13-31-34(8,20-10-2)29-23-25(4)15-17-30(29)35(31)21-18-32(36)37/h9-17,22-23H,1-2,6,18-21H2,3-5,7-8H3,(H,36,37)/b12-11+,31-13+. The highest BCUT2D eigenvalue weighted by Crippen LogP contribution is 2.50. The number of hydrogen-bond acceptors (Lipinski definition) is 2. The maximum Gasteiger partial charge on any atom is 0.305 e. The molecule has 1 N–H and O–H groups in total. The molecule has 0 amide bonds. The van der Waals surface area contributed by atoms with Crippen LogP contribution >= 0.6 is 0 Å². The summed E-state index contributed by atoms with van der Waals surface area (Å²) in [6, 6.07) is 13.0. The van der Waals surface area contributed by atoms with Crippen LogP contribution in [0.3, 0.4) is 0 Å². The van der Waals surface area contributed by atoms with Crippen LogP contribution in [-0.4, -0.2) is 17.6 Å². The lowest BCUT2D eigenvalue weighted by Crippen LogP contribution is -2.29. The fourth-order valence-electron chi connectivity index (χ4n) is 5.59. The Labute approximate surface area is 223 Å².